The fraction of sp³-hybridized carbons (Fsp3) is 0.292. The second-order valence-electron chi connectivity index (χ2n) is 8.02. The van der Waals surface area contributed by atoms with Gasteiger partial charge in [-0.2, -0.15) is 5.10 Å². The summed E-state index contributed by atoms with van der Waals surface area (Å²) in [6.45, 7) is 2.48. The zero-order valence-corrected chi connectivity index (χ0v) is 18.8. The summed E-state index contributed by atoms with van der Waals surface area (Å²) in [6, 6.07) is 9.72. The summed E-state index contributed by atoms with van der Waals surface area (Å²) >= 11 is 0. The van der Waals surface area contributed by atoms with Crippen LogP contribution in [0, 0.1) is 0 Å². The molecule has 2 N–H and O–H groups in total. The minimum atomic E-state index is -0.500. The monoisotopic (exact) mass is 462 g/mol. The maximum atomic E-state index is 12.6. The van der Waals surface area contributed by atoms with E-state index >= 15 is 0 Å². The highest BCUT2D eigenvalue weighted by molar-refractivity contribution is 5.93. The fourth-order valence-corrected chi connectivity index (χ4v) is 3.78. The van der Waals surface area contributed by atoms with Crippen LogP contribution in [0.3, 0.4) is 0 Å². The van der Waals surface area contributed by atoms with Crippen LogP contribution in [0.4, 0.5) is 0 Å². The molecule has 1 aliphatic rings. The van der Waals surface area contributed by atoms with Gasteiger partial charge in [-0.3, -0.25) is 19.5 Å². The van der Waals surface area contributed by atoms with Gasteiger partial charge in [-0.1, -0.05) is 24.3 Å². The van der Waals surface area contributed by atoms with Crippen LogP contribution in [-0.4, -0.2) is 62.8 Å². The molecule has 1 aliphatic heterocycles. The first-order chi connectivity index (χ1) is 16.5. The SMILES string of the molecule is COC(=O)/C=C/c1ccc(CN2CCC(NC(=O)c3cnc(-n4cccn4)[nH]c3=O)CC2)cc1. The zero-order valence-electron chi connectivity index (χ0n) is 18.8. The highest BCUT2D eigenvalue weighted by Crippen LogP contribution is 2.15. The number of aromatic nitrogens is 4. The molecule has 10 nitrogen and oxygen atoms in total. The number of H-pyrrole nitrogens is 1. The van der Waals surface area contributed by atoms with Crippen LogP contribution >= 0.6 is 0 Å². The van der Waals surface area contributed by atoms with Gasteiger partial charge in [0, 0.05) is 50.3 Å². The van der Waals surface area contributed by atoms with Gasteiger partial charge in [0.1, 0.15) is 5.56 Å². The van der Waals surface area contributed by atoms with Gasteiger partial charge in [-0.25, -0.2) is 14.5 Å². The van der Waals surface area contributed by atoms with Crippen molar-refractivity contribution in [3.05, 3.63) is 82.0 Å². The van der Waals surface area contributed by atoms with Crippen molar-refractivity contribution in [3.8, 4) is 5.95 Å². The predicted molar refractivity (Wildman–Crippen MR) is 125 cm³/mol. The molecule has 0 saturated carbocycles. The van der Waals surface area contributed by atoms with Crippen LogP contribution in [0.15, 0.2) is 59.8 Å². The van der Waals surface area contributed by atoms with Crippen LogP contribution < -0.4 is 10.9 Å². The van der Waals surface area contributed by atoms with Crippen molar-refractivity contribution >= 4 is 18.0 Å². The highest BCUT2D eigenvalue weighted by atomic mass is 16.5. The van der Waals surface area contributed by atoms with Gasteiger partial charge in [0.2, 0.25) is 5.95 Å². The molecular weight excluding hydrogens is 436 g/mol. The van der Waals surface area contributed by atoms with Gasteiger partial charge in [0.25, 0.3) is 11.5 Å². The van der Waals surface area contributed by atoms with E-state index in [9.17, 15) is 14.4 Å². The number of piperidine rings is 1. The number of carbonyl (C=O) groups is 2. The first-order valence-corrected chi connectivity index (χ1v) is 11.0. The lowest BCUT2D eigenvalue weighted by atomic mass is 10.0. The molecule has 0 bridgehead atoms. The Kier molecular flexibility index (Phi) is 7.28. The molecule has 3 heterocycles. The van der Waals surface area contributed by atoms with Crippen molar-refractivity contribution in [3.63, 3.8) is 0 Å². The Morgan fingerprint density at radius 1 is 1.24 bits per heavy atom. The van der Waals surface area contributed by atoms with Crippen molar-refractivity contribution in [1.29, 1.82) is 0 Å². The maximum absolute atomic E-state index is 12.6. The number of benzene rings is 1. The molecule has 1 aromatic carbocycles. The van der Waals surface area contributed by atoms with E-state index in [1.165, 1.54) is 29.6 Å². The molecule has 0 aliphatic carbocycles. The third-order valence-corrected chi connectivity index (χ3v) is 5.67. The van der Waals surface area contributed by atoms with E-state index in [-0.39, 0.29) is 23.5 Å². The minimum Gasteiger partial charge on any atom is -0.466 e. The molecule has 1 saturated heterocycles. The van der Waals surface area contributed by atoms with Crippen LogP contribution in [0.1, 0.15) is 34.3 Å². The Bertz CT molecular complexity index is 1210. The van der Waals surface area contributed by atoms with Gasteiger partial charge in [-0.15, -0.1) is 0 Å². The van der Waals surface area contributed by atoms with Gasteiger partial charge >= 0.3 is 5.97 Å². The number of aromatic amines is 1. The molecule has 10 heteroatoms. The lowest BCUT2D eigenvalue weighted by molar-refractivity contribution is -0.134. The summed E-state index contributed by atoms with van der Waals surface area (Å²) in [7, 11) is 1.35. The van der Waals surface area contributed by atoms with Crippen LogP contribution in [0.25, 0.3) is 12.0 Å². The van der Waals surface area contributed by atoms with E-state index in [2.05, 4.69) is 30.0 Å². The molecule has 34 heavy (non-hydrogen) atoms. The lowest BCUT2D eigenvalue weighted by Gasteiger charge is -2.32. The van der Waals surface area contributed by atoms with E-state index < -0.39 is 11.5 Å². The standard InChI is InChI=1S/C24H26N6O4/c1-34-21(31)8-7-17-3-5-18(6-4-17)16-29-13-9-19(10-14-29)27-22(32)20-15-25-24(28-23(20)33)30-12-2-11-26-30/h2-8,11-12,15,19H,9-10,13-14,16H2,1H3,(H,27,32)(H,25,28,33)/b8-7+. The summed E-state index contributed by atoms with van der Waals surface area (Å²) in [6.07, 6.45) is 9.21. The van der Waals surface area contributed by atoms with Crippen molar-refractivity contribution in [1.82, 2.24) is 30.0 Å². The minimum absolute atomic E-state index is 0.000207. The largest absolute Gasteiger partial charge is 0.466 e. The molecular formula is C24H26N6O4. The van der Waals surface area contributed by atoms with Gasteiger partial charge in [0.05, 0.1) is 7.11 Å². The number of nitrogens with zero attached hydrogens (tertiary/aromatic N) is 4. The molecule has 0 atom stereocenters. The van der Waals surface area contributed by atoms with Crippen molar-refractivity contribution in [2.24, 2.45) is 0 Å². The molecule has 0 spiro atoms. The van der Waals surface area contributed by atoms with E-state index in [0.717, 1.165) is 38.0 Å². The van der Waals surface area contributed by atoms with Crippen LogP contribution in [-0.2, 0) is 16.1 Å². The Balaban J connectivity index is 1.26. The number of amides is 1. The Morgan fingerprint density at radius 2 is 2.00 bits per heavy atom. The predicted octanol–water partition coefficient (Wildman–Crippen LogP) is 1.54. The Labute approximate surface area is 196 Å². The van der Waals surface area contributed by atoms with Crippen LogP contribution in [0.2, 0.25) is 0 Å². The number of carbonyl (C=O) groups excluding carboxylic acids is 2. The van der Waals surface area contributed by atoms with Crippen LogP contribution in [0.5, 0.6) is 0 Å². The number of nitrogens with one attached hydrogen (secondary N) is 2. The van der Waals surface area contributed by atoms with Crippen molar-refractivity contribution in [2.45, 2.75) is 25.4 Å². The Hall–Kier alpha value is -4.05. The molecule has 2 aromatic heterocycles. The fourth-order valence-electron chi connectivity index (χ4n) is 3.78. The maximum Gasteiger partial charge on any atom is 0.330 e. The van der Waals surface area contributed by atoms with Crippen molar-refractivity contribution < 1.29 is 14.3 Å². The number of methoxy groups -OCH3 is 1. The third-order valence-electron chi connectivity index (χ3n) is 5.67. The summed E-state index contributed by atoms with van der Waals surface area (Å²) < 4.78 is 6.02. The summed E-state index contributed by atoms with van der Waals surface area (Å²) in [5, 5.41) is 6.97. The van der Waals surface area contributed by atoms with Crippen molar-refractivity contribution in [2.75, 3.05) is 20.2 Å². The van der Waals surface area contributed by atoms with E-state index in [1.54, 1.807) is 24.5 Å². The number of likely N-dealkylation sites (tertiary alicyclic amines) is 1. The zero-order chi connectivity index (χ0) is 23.9. The molecule has 4 rings (SSSR count). The topological polar surface area (TPSA) is 122 Å². The second-order valence-corrected chi connectivity index (χ2v) is 8.02. The first-order valence-electron chi connectivity index (χ1n) is 11.0. The third kappa shape index (κ3) is 5.84. The molecule has 1 fully saturated rings. The molecule has 3 aromatic rings. The smallest absolute Gasteiger partial charge is 0.330 e. The second kappa shape index (κ2) is 10.7. The summed E-state index contributed by atoms with van der Waals surface area (Å²) in [5.41, 5.74) is 1.59. The normalized spacial score (nSPS) is 14.9. The number of esters is 1. The highest BCUT2D eigenvalue weighted by Gasteiger charge is 2.22. The molecule has 0 radical (unpaired) electrons. The average Bonchev–Trinajstić information content (AvgIpc) is 3.39. The number of hydrogen-bond acceptors (Lipinski definition) is 7. The average molecular weight is 463 g/mol. The quantitative estimate of drug-likeness (QED) is 0.403. The van der Waals surface area contributed by atoms with E-state index in [4.69, 9.17) is 0 Å². The molecule has 0 unspecified atom stereocenters. The van der Waals surface area contributed by atoms with Gasteiger partial charge in [0.15, 0.2) is 0 Å². The number of rotatable bonds is 7. The molecule has 1 amide bonds. The molecule has 176 valence electrons. The summed E-state index contributed by atoms with van der Waals surface area (Å²) in [5.74, 6) is -0.548. The van der Waals surface area contributed by atoms with Gasteiger partial charge in [-0.05, 0) is 36.1 Å². The first kappa shape index (κ1) is 23.1. The summed E-state index contributed by atoms with van der Waals surface area (Å²) in [4.78, 5) is 45.2. The number of ether oxygens (including phenoxy) is 1. The van der Waals surface area contributed by atoms with Gasteiger partial charge < -0.3 is 10.1 Å². The van der Waals surface area contributed by atoms with E-state index in [1.807, 2.05) is 24.3 Å². The number of hydrogen-bond donors (Lipinski definition) is 2. The van der Waals surface area contributed by atoms with E-state index in [0.29, 0.717) is 0 Å². The Morgan fingerprint density at radius 3 is 2.65 bits per heavy atom. The lowest BCUT2D eigenvalue weighted by Crippen LogP contribution is -2.45.